The zero-order valence-corrected chi connectivity index (χ0v) is 47.0. The molecule has 11 aromatic rings. The van der Waals surface area contributed by atoms with Crippen LogP contribution in [0, 0.1) is 0 Å². The van der Waals surface area contributed by atoms with Gasteiger partial charge in [0.15, 0.2) is 0 Å². The third-order valence-corrected chi connectivity index (χ3v) is 27.4. The van der Waals surface area contributed by atoms with Gasteiger partial charge in [-0.1, -0.05) is 0 Å². The van der Waals surface area contributed by atoms with Crippen LogP contribution < -0.4 is 37.5 Å². The molecule has 0 atom stereocenters. The van der Waals surface area contributed by atoms with Crippen molar-refractivity contribution in [2.75, 3.05) is 19.6 Å². The molecule has 16 rings (SSSR count). The van der Waals surface area contributed by atoms with E-state index in [0.717, 1.165) is 57.0 Å². The van der Waals surface area contributed by atoms with Crippen LogP contribution in [0.15, 0.2) is 249 Å². The summed E-state index contributed by atoms with van der Waals surface area (Å²) in [6, 6.07) is 91.7. The maximum atomic E-state index is 8.31. The minimum absolute atomic E-state index is 0.436. The van der Waals surface area contributed by atoms with E-state index in [2.05, 4.69) is 302 Å². The summed E-state index contributed by atoms with van der Waals surface area (Å²) < 4.78 is 12.6. The number of para-hydroxylation sites is 6. The predicted octanol–water partition coefficient (Wildman–Crippen LogP) is 18.0. The Morgan fingerprint density at radius 3 is 1.03 bits per heavy atom. The molecular formula is C73H56GeN4O. The molecule has 11 aromatic carbocycles. The molecule has 0 aromatic heterocycles. The van der Waals surface area contributed by atoms with Gasteiger partial charge in [0.05, 0.1) is 0 Å². The Labute approximate surface area is 465 Å². The second kappa shape index (κ2) is 16.7. The van der Waals surface area contributed by atoms with E-state index in [1.807, 2.05) is 0 Å². The summed E-state index contributed by atoms with van der Waals surface area (Å²) in [5, 5.41) is 0. The second-order valence-electron chi connectivity index (χ2n) is 23.0. The predicted molar refractivity (Wildman–Crippen MR) is 331 cm³/mol. The van der Waals surface area contributed by atoms with Gasteiger partial charge in [-0.15, -0.1) is 0 Å². The average Bonchev–Trinajstić information content (AvgIpc) is 4.04. The number of hydrogen-bond donors (Lipinski definition) is 0. The molecule has 0 spiro atoms. The van der Waals surface area contributed by atoms with E-state index in [1.165, 1.54) is 80.4 Å². The summed E-state index contributed by atoms with van der Waals surface area (Å²) in [4.78, 5) is 9.92. The van der Waals surface area contributed by atoms with Crippen molar-refractivity contribution in [1.82, 2.24) is 0 Å². The summed E-state index contributed by atoms with van der Waals surface area (Å²) >= 11 is -3.87. The first-order chi connectivity index (χ1) is 38.6. The standard InChI is InChI=1S/C73H56GeN4O/c1-72(2)59-43-53(75(47-25-12-6-13-26-47)48-27-14-7-15-28-48)39-41-55(59)57-45-63-68-70(65(57)72)79-71-66-58(56-42-40-54(44-60(56)73(66,3)4)76(49-29-16-8-17-30-49)50-31-18-9-19-32-50)46-64-69(71)74(68,5)67-61(77(63)51-33-20-10-21-34-51)37-24-38-62(67)78(64)52-35-22-11-23-36-52/h6-46H,1-5H3. The molecule has 0 unspecified atom stereocenters. The Bertz CT molecular complexity index is 3950. The second-order valence-corrected chi connectivity index (χ2v) is 30.9. The molecule has 0 amide bonds. The van der Waals surface area contributed by atoms with Gasteiger partial charge in [0.25, 0.3) is 0 Å². The average molecular weight is 1080 g/mol. The number of fused-ring (bicyclic) bond motifs is 8. The number of hydrogen-bond acceptors (Lipinski definition) is 5. The Morgan fingerprint density at radius 1 is 0.329 bits per heavy atom. The Hall–Kier alpha value is -9.04. The molecule has 0 bridgehead atoms. The topological polar surface area (TPSA) is 22.2 Å². The molecule has 3 heterocycles. The van der Waals surface area contributed by atoms with E-state index in [-0.39, 0.29) is 0 Å². The van der Waals surface area contributed by atoms with Crippen LogP contribution >= 0.6 is 0 Å². The minimum atomic E-state index is -3.87. The van der Waals surface area contributed by atoms with E-state index in [9.17, 15) is 0 Å². The van der Waals surface area contributed by atoms with Gasteiger partial charge in [-0.05, 0) is 0 Å². The van der Waals surface area contributed by atoms with Crippen LogP contribution in [-0.2, 0) is 10.8 Å². The molecule has 6 heteroatoms. The first-order valence-corrected chi connectivity index (χ1v) is 32.9. The molecule has 5 aliphatic rings. The van der Waals surface area contributed by atoms with Gasteiger partial charge < -0.3 is 0 Å². The Morgan fingerprint density at radius 2 is 0.671 bits per heavy atom. The number of rotatable bonds is 8. The summed E-state index contributed by atoms with van der Waals surface area (Å²) in [6.45, 7) is 9.76. The summed E-state index contributed by atoms with van der Waals surface area (Å²) in [5.74, 6) is 4.80. The van der Waals surface area contributed by atoms with Gasteiger partial charge >= 0.3 is 468 Å². The van der Waals surface area contributed by atoms with Crippen LogP contribution in [0.4, 0.5) is 68.2 Å². The van der Waals surface area contributed by atoms with Crippen LogP contribution in [0.5, 0.6) is 11.5 Å². The first-order valence-electron chi connectivity index (χ1n) is 27.7. The molecule has 0 saturated carbocycles. The van der Waals surface area contributed by atoms with Crippen LogP contribution in [0.1, 0.15) is 49.9 Å². The quantitative estimate of drug-likeness (QED) is 0.141. The number of ether oxygens (including phenoxy) is 1. The fourth-order valence-electron chi connectivity index (χ4n) is 14.7. The van der Waals surface area contributed by atoms with Crippen molar-refractivity contribution < 1.29 is 4.74 Å². The zero-order chi connectivity index (χ0) is 52.9. The van der Waals surface area contributed by atoms with E-state index in [4.69, 9.17) is 4.74 Å². The fourth-order valence-corrected chi connectivity index (χ4v) is 24.8. The van der Waals surface area contributed by atoms with Crippen molar-refractivity contribution in [3.63, 3.8) is 0 Å². The SMILES string of the molecule is CC1(C)c2cc(N(c3ccccc3)c3ccccc3)ccc2-c2cc3[c]4c(c21)Oc1c2c(cc5[c]1[Ge]4([CH3])[c]1c(cccc1N5c1ccccc1)N3c1ccccc1)-c1ccc(N(c3ccccc3)c3ccccc3)cc1C2(C)C. The van der Waals surface area contributed by atoms with Gasteiger partial charge in [-0.2, -0.15) is 0 Å². The van der Waals surface area contributed by atoms with Crippen LogP contribution in [0.25, 0.3) is 22.3 Å². The van der Waals surface area contributed by atoms with Crippen molar-refractivity contribution >= 4 is 94.7 Å². The summed E-state index contributed by atoms with van der Waals surface area (Å²) in [5.41, 5.74) is 23.3. The third kappa shape index (κ3) is 6.33. The molecule has 0 fully saturated rings. The molecule has 0 radical (unpaired) electrons. The van der Waals surface area contributed by atoms with Crippen LogP contribution in [-0.4, -0.2) is 13.3 Å². The molecule has 5 nitrogen and oxygen atoms in total. The molecule has 0 saturated heterocycles. The van der Waals surface area contributed by atoms with Gasteiger partial charge in [0.1, 0.15) is 0 Å². The Kier molecular flexibility index (Phi) is 9.76. The zero-order valence-electron chi connectivity index (χ0n) is 44.9. The van der Waals surface area contributed by atoms with Gasteiger partial charge in [0, 0.05) is 0 Å². The van der Waals surface area contributed by atoms with Crippen molar-refractivity contribution in [1.29, 1.82) is 0 Å². The van der Waals surface area contributed by atoms with Crippen molar-refractivity contribution in [2.45, 2.75) is 44.3 Å². The third-order valence-electron chi connectivity index (χ3n) is 18.0. The molecule has 378 valence electrons. The number of nitrogens with zero attached hydrogens (tertiary/aromatic N) is 4. The van der Waals surface area contributed by atoms with Crippen molar-refractivity contribution in [2.24, 2.45) is 0 Å². The fraction of sp³-hybridized carbons (Fsp3) is 0.0959. The monoisotopic (exact) mass is 1080 g/mol. The summed E-state index contributed by atoms with van der Waals surface area (Å²) in [7, 11) is 0. The molecule has 2 aliphatic carbocycles. The maximum absolute atomic E-state index is 8.31. The van der Waals surface area contributed by atoms with Crippen LogP contribution in [0.2, 0.25) is 5.76 Å². The Balaban J connectivity index is 0.974. The van der Waals surface area contributed by atoms with E-state index >= 15 is 0 Å². The number of benzene rings is 11. The summed E-state index contributed by atoms with van der Waals surface area (Å²) in [6.07, 6.45) is 0. The van der Waals surface area contributed by atoms with Crippen molar-refractivity contribution in [3.8, 4) is 33.8 Å². The molecular weight excluding hydrogens is 1020 g/mol. The number of anilines is 12. The van der Waals surface area contributed by atoms with E-state index in [0.29, 0.717) is 0 Å². The molecule has 3 aliphatic heterocycles. The normalized spacial score (nSPS) is 15.3. The van der Waals surface area contributed by atoms with E-state index in [1.54, 1.807) is 0 Å². The van der Waals surface area contributed by atoms with Gasteiger partial charge in [-0.3, -0.25) is 0 Å². The van der Waals surface area contributed by atoms with Crippen molar-refractivity contribution in [3.05, 3.63) is 271 Å². The van der Waals surface area contributed by atoms with Gasteiger partial charge in [0.2, 0.25) is 0 Å². The van der Waals surface area contributed by atoms with E-state index < -0.39 is 24.1 Å². The van der Waals surface area contributed by atoms with Gasteiger partial charge in [-0.25, -0.2) is 0 Å². The molecule has 79 heavy (non-hydrogen) atoms. The first kappa shape index (κ1) is 46.1. The molecule has 0 N–H and O–H groups in total. The van der Waals surface area contributed by atoms with Crippen LogP contribution in [0.3, 0.4) is 0 Å².